The molecule has 0 aromatic heterocycles. The van der Waals surface area contributed by atoms with Crippen LogP contribution in [0, 0.1) is 0 Å². The Balaban J connectivity index is 2.03. The van der Waals surface area contributed by atoms with Crippen molar-refractivity contribution in [2.75, 3.05) is 0 Å². The highest BCUT2D eigenvalue weighted by molar-refractivity contribution is 5.82. The van der Waals surface area contributed by atoms with E-state index in [9.17, 15) is 0 Å². The average molecular weight is 274 g/mol. The molecule has 0 N–H and O–H groups in total. The Morgan fingerprint density at radius 2 is 1.43 bits per heavy atom. The smallest absolute Gasteiger partial charge is 0.0102 e. The van der Waals surface area contributed by atoms with Gasteiger partial charge in [0.25, 0.3) is 0 Å². The van der Waals surface area contributed by atoms with Crippen molar-refractivity contribution in [3.63, 3.8) is 0 Å². The summed E-state index contributed by atoms with van der Waals surface area (Å²) in [5, 5.41) is 0. The minimum Gasteiger partial charge on any atom is -0.0850 e. The summed E-state index contributed by atoms with van der Waals surface area (Å²) >= 11 is 0. The van der Waals surface area contributed by atoms with Crippen LogP contribution in [-0.2, 0) is 0 Å². The Morgan fingerprint density at radius 3 is 1.90 bits per heavy atom. The first-order valence-corrected chi connectivity index (χ1v) is 7.83. The zero-order chi connectivity index (χ0) is 14.5. The van der Waals surface area contributed by atoms with Crippen LogP contribution >= 0.6 is 0 Å². The summed E-state index contributed by atoms with van der Waals surface area (Å²) in [6.07, 6.45) is 7.40. The minimum atomic E-state index is 1.11. The first kappa shape index (κ1) is 13.9. The molecule has 3 rings (SSSR count). The molecule has 0 atom stereocenters. The minimum absolute atomic E-state index is 1.11. The van der Waals surface area contributed by atoms with Crippen LogP contribution in [0.5, 0.6) is 0 Å². The van der Waals surface area contributed by atoms with E-state index >= 15 is 0 Å². The molecular weight excluding hydrogens is 252 g/mol. The number of benzene rings is 2. The summed E-state index contributed by atoms with van der Waals surface area (Å²) in [5.41, 5.74) is 7.11. The van der Waals surface area contributed by atoms with Crippen molar-refractivity contribution in [1.29, 1.82) is 0 Å². The maximum absolute atomic E-state index is 2.43. The van der Waals surface area contributed by atoms with Gasteiger partial charge in [0, 0.05) is 0 Å². The van der Waals surface area contributed by atoms with E-state index in [-0.39, 0.29) is 0 Å². The zero-order valence-corrected chi connectivity index (χ0v) is 12.7. The zero-order valence-electron chi connectivity index (χ0n) is 12.7. The van der Waals surface area contributed by atoms with Crippen LogP contribution in [-0.4, -0.2) is 0 Å². The molecule has 106 valence electrons. The molecule has 1 aliphatic carbocycles. The summed E-state index contributed by atoms with van der Waals surface area (Å²) in [4.78, 5) is 0. The molecule has 0 radical (unpaired) electrons. The standard InChI is InChI=1S/C21H22/c1-17(16-18-10-8-9-11-18)21(19-12-4-2-5-13-19)20-14-6-3-7-15-20/h2-7,10,12-15H,8-9,11,16H2,1H3. The van der Waals surface area contributed by atoms with Gasteiger partial charge in [0.05, 0.1) is 0 Å². The third-order valence-corrected chi connectivity index (χ3v) is 4.18. The van der Waals surface area contributed by atoms with E-state index in [1.165, 1.54) is 41.5 Å². The van der Waals surface area contributed by atoms with Gasteiger partial charge in [-0.3, -0.25) is 0 Å². The maximum Gasteiger partial charge on any atom is -0.0102 e. The van der Waals surface area contributed by atoms with Crippen LogP contribution in [0.15, 0.2) is 77.9 Å². The van der Waals surface area contributed by atoms with Crippen molar-refractivity contribution in [2.45, 2.75) is 32.6 Å². The first-order chi connectivity index (χ1) is 10.3. The molecule has 0 spiro atoms. The van der Waals surface area contributed by atoms with Crippen LogP contribution < -0.4 is 0 Å². The number of hydrogen-bond acceptors (Lipinski definition) is 0. The quantitative estimate of drug-likeness (QED) is 0.599. The lowest BCUT2D eigenvalue weighted by molar-refractivity contribution is 0.885. The molecule has 0 unspecified atom stereocenters. The molecule has 0 saturated heterocycles. The van der Waals surface area contributed by atoms with Crippen molar-refractivity contribution in [1.82, 2.24) is 0 Å². The molecule has 0 fully saturated rings. The van der Waals surface area contributed by atoms with Gasteiger partial charge in [-0.1, -0.05) is 77.9 Å². The van der Waals surface area contributed by atoms with Gasteiger partial charge in [-0.15, -0.1) is 0 Å². The maximum atomic E-state index is 2.43. The molecule has 1 aliphatic rings. The normalized spacial score (nSPS) is 13.9. The van der Waals surface area contributed by atoms with Crippen LogP contribution in [0.1, 0.15) is 43.7 Å². The average Bonchev–Trinajstić information content (AvgIpc) is 3.02. The molecule has 21 heavy (non-hydrogen) atoms. The predicted octanol–water partition coefficient (Wildman–Crippen LogP) is 6.01. The molecular formula is C21H22. The second kappa shape index (κ2) is 6.58. The van der Waals surface area contributed by atoms with E-state index < -0.39 is 0 Å². The van der Waals surface area contributed by atoms with Gasteiger partial charge >= 0.3 is 0 Å². The second-order valence-electron chi connectivity index (χ2n) is 5.82. The van der Waals surface area contributed by atoms with E-state index in [0.717, 1.165) is 6.42 Å². The Bertz CT molecular complexity index is 603. The SMILES string of the molecule is CC(CC1=CCCC1)=C(c1ccccc1)c1ccccc1. The highest BCUT2D eigenvalue weighted by Gasteiger charge is 2.11. The molecule has 2 aromatic rings. The highest BCUT2D eigenvalue weighted by atomic mass is 14.2. The predicted molar refractivity (Wildman–Crippen MR) is 91.1 cm³/mol. The Kier molecular flexibility index (Phi) is 4.35. The van der Waals surface area contributed by atoms with Crippen LogP contribution in [0.4, 0.5) is 0 Å². The third-order valence-electron chi connectivity index (χ3n) is 4.18. The molecule has 0 heterocycles. The monoisotopic (exact) mass is 274 g/mol. The summed E-state index contributed by atoms with van der Waals surface area (Å²) < 4.78 is 0. The van der Waals surface area contributed by atoms with Gasteiger partial charge in [-0.25, -0.2) is 0 Å². The number of rotatable bonds is 4. The fourth-order valence-corrected chi connectivity index (χ4v) is 3.20. The van der Waals surface area contributed by atoms with Crippen molar-refractivity contribution in [3.8, 4) is 0 Å². The second-order valence-corrected chi connectivity index (χ2v) is 5.82. The van der Waals surface area contributed by atoms with Crippen LogP contribution in [0.25, 0.3) is 5.57 Å². The van der Waals surface area contributed by atoms with Gasteiger partial charge in [0.1, 0.15) is 0 Å². The first-order valence-electron chi connectivity index (χ1n) is 7.83. The molecule has 2 aromatic carbocycles. The van der Waals surface area contributed by atoms with Crippen molar-refractivity contribution >= 4 is 5.57 Å². The number of hydrogen-bond donors (Lipinski definition) is 0. The molecule has 0 heteroatoms. The van der Waals surface area contributed by atoms with Crippen molar-refractivity contribution < 1.29 is 0 Å². The lowest BCUT2D eigenvalue weighted by atomic mass is 9.90. The van der Waals surface area contributed by atoms with E-state index in [1.807, 2.05) is 0 Å². The molecule has 0 amide bonds. The van der Waals surface area contributed by atoms with E-state index in [1.54, 1.807) is 5.57 Å². The molecule has 0 saturated carbocycles. The molecule has 0 nitrogen and oxygen atoms in total. The van der Waals surface area contributed by atoms with Gasteiger partial charge in [0.2, 0.25) is 0 Å². The third kappa shape index (κ3) is 3.33. The van der Waals surface area contributed by atoms with E-state index in [4.69, 9.17) is 0 Å². The van der Waals surface area contributed by atoms with E-state index in [0.29, 0.717) is 0 Å². The molecule has 0 bridgehead atoms. The van der Waals surface area contributed by atoms with Gasteiger partial charge < -0.3 is 0 Å². The lowest BCUT2D eigenvalue weighted by Gasteiger charge is -2.14. The van der Waals surface area contributed by atoms with Gasteiger partial charge in [0.15, 0.2) is 0 Å². The van der Waals surface area contributed by atoms with Gasteiger partial charge in [-0.2, -0.15) is 0 Å². The fourth-order valence-electron chi connectivity index (χ4n) is 3.20. The lowest BCUT2D eigenvalue weighted by Crippen LogP contribution is -1.93. The summed E-state index contributed by atoms with van der Waals surface area (Å²) in [6, 6.07) is 21.5. The van der Waals surface area contributed by atoms with E-state index in [2.05, 4.69) is 73.7 Å². The van der Waals surface area contributed by atoms with Crippen LogP contribution in [0.2, 0.25) is 0 Å². The Hall–Kier alpha value is -2.08. The van der Waals surface area contributed by atoms with Crippen molar-refractivity contribution in [3.05, 3.63) is 89.0 Å². The topological polar surface area (TPSA) is 0 Å². The summed E-state index contributed by atoms with van der Waals surface area (Å²) in [7, 11) is 0. The highest BCUT2D eigenvalue weighted by Crippen LogP contribution is 2.32. The largest absolute Gasteiger partial charge is 0.0850 e. The molecule has 0 aliphatic heterocycles. The summed E-state index contributed by atoms with van der Waals surface area (Å²) in [6.45, 7) is 2.29. The number of allylic oxidation sites excluding steroid dienone is 3. The van der Waals surface area contributed by atoms with Gasteiger partial charge in [-0.05, 0) is 49.3 Å². The Labute approximate surface area is 127 Å². The van der Waals surface area contributed by atoms with Crippen LogP contribution in [0.3, 0.4) is 0 Å². The fraction of sp³-hybridized carbons (Fsp3) is 0.238. The summed E-state index contributed by atoms with van der Waals surface area (Å²) in [5.74, 6) is 0. The van der Waals surface area contributed by atoms with Crippen molar-refractivity contribution in [2.24, 2.45) is 0 Å². The Morgan fingerprint density at radius 1 is 0.857 bits per heavy atom.